The quantitative estimate of drug-likeness (QED) is 0.776. The molecule has 2 fully saturated rings. The van der Waals surface area contributed by atoms with Gasteiger partial charge < -0.3 is 10.5 Å². The van der Waals surface area contributed by atoms with Gasteiger partial charge in [0.15, 0.2) is 0 Å². The summed E-state index contributed by atoms with van der Waals surface area (Å²) in [5.74, 6) is 0.870. The first-order valence-electron chi connectivity index (χ1n) is 6.33. The molecule has 0 aromatic carbocycles. The van der Waals surface area contributed by atoms with E-state index in [0.29, 0.717) is 11.5 Å². The third kappa shape index (κ3) is 2.54. The van der Waals surface area contributed by atoms with Crippen LogP contribution in [-0.2, 0) is 4.74 Å². The van der Waals surface area contributed by atoms with E-state index in [4.69, 9.17) is 10.5 Å². The summed E-state index contributed by atoms with van der Waals surface area (Å²) in [7, 11) is 0. The van der Waals surface area contributed by atoms with Crippen molar-refractivity contribution in [1.29, 1.82) is 0 Å². The van der Waals surface area contributed by atoms with Crippen molar-refractivity contribution < 1.29 is 4.74 Å². The summed E-state index contributed by atoms with van der Waals surface area (Å²) < 4.78 is 6.07. The number of rotatable bonds is 4. The molecule has 0 amide bonds. The fraction of sp³-hybridized carbons (Fsp3) is 1.00. The number of nitrogens with two attached hydrogens (primary N) is 1. The molecule has 15 heavy (non-hydrogen) atoms. The van der Waals surface area contributed by atoms with Gasteiger partial charge in [-0.15, -0.1) is 0 Å². The van der Waals surface area contributed by atoms with Crippen LogP contribution < -0.4 is 5.73 Å². The lowest BCUT2D eigenvalue weighted by Crippen LogP contribution is -2.34. The summed E-state index contributed by atoms with van der Waals surface area (Å²) in [6, 6.07) is 0. The molecule has 0 bridgehead atoms. The maximum Gasteiger partial charge on any atom is 0.0631 e. The van der Waals surface area contributed by atoms with Crippen molar-refractivity contribution in [3.05, 3.63) is 0 Å². The minimum Gasteiger partial charge on any atom is -0.372 e. The molecule has 0 aromatic rings. The van der Waals surface area contributed by atoms with Gasteiger partial charge in [0, 0.05) is 0 Å². The Kier molecular flexibility index (Phi) is 2.85. The van der Waals surface area contributed by atoms with Crippen molar-refractivity contribution in [2.24, 2.45) is 17.1 Å². The summed E-state index contributed by atoms with van der Waals surface area (Å²) in [4.78, 5) is 0. The predicted octanol–water partition coefficient (Wildman–Crippen LogP) is 2.71. The van der Waals surface area contributed by atoms with E-state index in [-0.39, 0.29) is 5.60 Å². The Balaban J connectivity index is 1.90. The van der Waals surface area contributed by atoms with Crippen LogP contribution in [0, 0.1) is 11.3 Å². The molecule has 2 aliphatic rings. The average Bonchev–Trinajstić information content (AvgIpc) is 2.93. The van der Waals surface area contributed by atoms with Crippen LogP contribution >= 0.6 is 0 Å². The molecule has 2 nitrogen and oxygen atoms in total. The van der Waals surface area contributed by atoms with Crippen molar-refractivity contribution in [2.75, 3.05) is 6.54 Å². The summed E-state index contributed by atoms with van der Waals surface area (Å²) in [5, 5.41) is 0. The number of hydrogen-bond acceptors (Lipinski definition) is 2. The summed E-state index contributed by atoms with van der Waals surface area (Å²) in [6.07, 6.45) is 6.79. The molecule has 88 valence electrons. The topological polar surface area (TPSA) is 35.2 Å². The Morgan fingerprint density at radius 1 is 1.33 bits per heavy atom. The molecule has 1 saturated carbocycles. The van der Waals surface area contributed by atoms with E-state index >= 15 is 0 Å². The average molecular weight is 211 g/mol. The zero-order valence-electron chi connectivity index (χ0n) is 10.4. The summed E-state index contributed by atoms with van der Waals surface area (Å²) in [6.45, 7) is 7.56. The van der Waals surface area contributed by atoms with E-state index in [1.54, 1.807) is 0 Å². The van der Waals surface area contributed by atoms with Crippen LogP contribution in [0.1, 0.15) is 52.9 Å². The van der Waals surface area contributed by atoms with Gasteiger partial charge >= 0.3 is 0 Å². The van der Waals surface area contributed by atoms with Crippen LogP contribution in [0.25, 0.3) is 0 Å². The van der Waals surface area contributed by atoms with Crippen LogP contribution in [0.4, 0.5) is 0 Å². The van der Waals surface area contributed by atoms with Gasteiger partial charge in [-0.2, -0.15) is 0 Å². The Morgan fingerprint density at radius 2 is 2.00 bits per heavy atom. The second-order valence-corrected chi connectivity index (χ2v) is 6.37. The van der Waals surface area contributed by atoms with Gasteiger partial charge in [-0.3, -0.25) is 0 Å². The molecule has 2 heteroatoms. The maximum atomic E-state index is 6.07. The molecule has 1 aliphatic heterocycles. The highest BCUT2D eigenvalue weighted by atomic mass is 16.5. The van der Waals surface area contributed by atoms with Crippen LogP contribution in [0.5, 0.6) is 0 Å². The minimum atomic E-state index is 0.101. The first kappa shape index (κ1) is 11.4. The Morgan fingerprint density at radius 3 is 2.40 bits per heavy atom. The molecule has 1 heterocycles. The third-order valence-electron chi connectivity index (χ3n) is 4.28. The molecule has 0 spiro atoms. The molecule has 0 aromatic heterocycles. The van der Waals surface area contributed by atoms with E-state index in [1.807, 2.05) is 0 Å². The second kappa shape index (κ2) is 3.74. The fourth-order valence-electron chi connectivity index (χ4n) is 2.94. The predicted molar refractivity (Wildman–Crippen MR) is 62.7 cm³/mol. The molecule has 2 unspecified atom stereocenters. The summed E-state index contributed by atoms with van der Waals surface area (Å²) in [5.41, 5.74) is 6.38. The smallest absolute Gasteiger partial charge is 0.0631 e. The zero-order valence-corrected chi connectivity index (χ0v) is 10.4. The van der Waals surface area contributed by atoms with E-state index in [9.17, 15) is 0 Å². The van der Waals surface area contributed by atoms with Gasteiger partial charge in [-0.1, -0.05) is 6.92 Å². The molecular formula is C13H25NO. The van der Waals surface area contributed by atoms with E-state index < -0.39 is 0 Å². The molecule has 2 atom stereocenters. The molecule has 1 saturated heterocycles. The van der Waals surface area contributed by atoms with Crippen molar-refractivity contribution in [3.8, 4) is 0 Å². The Bertz CT molecular complexity index is 235. The molecule has 0 radical (unpaired) electrons. The molecule has 1 aliphatic carbocycles. The minimum absolute atomic E-state index is 0.101. The van der Waals surface area contributed by atoms with Crippen molar-refractivity contribution in [3.63, 3.8) is 0 Å². The highest BCUT2D eigenvalue weighted by Gasteiger charge is 2.44. The van der Waals surface area contributed by atoms with E-state index in [0.717, 1.165) is 18.9 Å². The van der Waals surface area contributed by atoms with E-state index in [1.165, 1.54) is 25.7 Å². The first-order valence-corrected chi connectivity index (χ1v) is 6.33. The monoisotopic (exact) mass is 211 g/mol. The normalized spacial score (nSPS) is 34.0. The lowest BCUT2D eigenvalue weighted by molar-refractivity contribution is -0.0354. The van der Waals surface area contributed by atoms with Crippen LogP contribution in [0.2, 0.25) is 0 Å². The van der Waals surface area contributed by atoms with Crippen LogP contribution in [-0.4, -0.2) is 18.2 Å². The lowest BCUT2D eigenvalue weighted by Gasteiger charge is -2.31. The molecule has 2 rings (SSSR count). The standard InChI is InChI=1S/C13H25NO/c1-12(2)7-6-11(15-12)8-13(3,9-14)10-4-5-10/h10-11H,4-9,14H2,1-3H3. The maximum absolute atomic E-state index is 6.07. The SMILES string of the molecule is CC1(C)CCC(CC(C)(CN)C2CC2)O1. The van der Waals surface area contributed by atoms with Crippen molar-refractivity contribution in [2.45, 2.75) is 64.6 Å². The highest BCUT2D eigenvalue weighted by Crippen LogP contribution is 2.49. The van der Waals surface area contributed by atoms with Crippen molar-refractivity contribution >= 4 is 0 Å². The number of hydrogen-bond donors (Lipinski definition) is 1. The second-order valence-electron chi connectivity index (χ2n) is 6.37. The van der Waals surface area contributed by atoms with Crippen molar-refractivity contribution in [1.82, 2.24) is 0 Å². The van der Waals surface area contributed by atoms with E-state index in [2.05, 4.69) is 20.8 Å². The zero-order chi connectivity index (χ0) is 11.1. The third-order valence-corrected chi connectivity index (χ3v) is 4.28. The summed E-state index contributed by atoms with van der Waals surface area (Å²) >= 11 is 0. The number of ether oxygens (including phenoxy) is 1. The Hall–Kier alpha value is -0.0800. The van der Waals surface area contributed by atoms with Crippen LogP contribution in [0.15, 0.2) is 0 Å². The van der Waals surface area contributed by atoms with Gasteiger partial charge in [0.2, 0.25) is 0 Å². The van der Waals surface area contributed by atoms with Gasteiger partial charge in [-0.05, 0) is 63.8 Å². The molecular weight excluding hydrogens is 186 g/mol. The largest absolute Gasteiger partial charge is 0.372 e. The van der Waals surface area contributed by atoms with Gasteiger partial charge in [0.1, 0.15) is 0 Å². The lowest BCUT2D eigenvalue weighted by atomic mass is 9.79. The Labute approximate surface area is 93.6 Å². The fourth-order valence-corrected chi connectivity index (χ4v) is 2.94. The van der Waals surface area contributed by atoms with Gasteiger partial charge in [0.05, 0.1) is 11.7 Å². The van der Waals surface area contributed by atoms with Gasteiger partial charge in [0.25, 0.3) is 0 Å². The highest BCUT2D eigenvalue weighted by molar-refractivity contribution is 4.95. The first-order chi connectivity index (χ1) is 6.95. The molecule has 2 N–H and O–H groups in total. The van der Waals surface area contributed by atoms with Gasteiger partial charge in [-0.25, -0.2) is 0 Å². The van der Waals surface area contributed by atoms with Crippen LogP contribution in [0.3, 0.4) is 0 Å².